The summed E-state index contributed by atoms with van der Waals surface area (Å²) in [4.78, 5) is 32.6. The Bertz CT molecular complexity index is 1630. The Morgan fingerprint density at radius 2 is 1.90 bits per heavy atom. The monoisotopic (exact) mass is 568 g/mol. The van der Waals surface area contributed by atoms with Gasteiger partial charge in [-0.15, -0.1) is 11.3 Å². The summed E-state index contributed by atoms with van der Waals surface area (Å²) in [5, 5.41) is 13.6. The van der Waals surface area contributed by atoms with Crippen LogP contribution in [0.1, 0.15) is 42.1 Å². The average Bonchev–Trinajstić information content (AvgIpc) is 3.70. The predicted molar refractivity (Wildman–Crippen MR) is 156 cm³/mol. The van der Waals surface area contributed by atoms with Crippen LogP contribution in [0.25, 0.3) is 5.76 Å². The normalized spacial score (nSPS) is 19.2. The van der Waals surface area contributed by atoms with Gasteiger partial charge in [0.1, 0.15) is 24.2 Å². The SMILES string of the molecule is CCOc1cc(C2/C(=C(\O)c3ccc4c(c3)CC(C)O4)C(=O)C(=O)N2c2nccs2)ccc1OCc1ccccc1. The fourth-order valence-corrected chi connectivity index (χ4v) is 5.89. The molecule has 0 bridgehead atoms. The molecule has 9 heteroatoms. The number of ketones is 1. The summed E-state index contributed by atoms with van der Waals surface area (Å²) < 4.78 is 17.8. The van der Waals surface area contributed by atoms with Gasteiger partial charge in [0.25, 0.3) is 5.78 Å². The van der Waals surface area contributed by atoms with E-state index < -0.39 is 17.7 Å². The first-order valence-electron chi connectivity index (χ1n) is 13.4. The van der Waals surface area contributed by atoms with Crippen molar-refractivity contribution in [3.63, 3.8) is 0 Å². The number of ether oxygens (including phenoxy) is 3. The molecule has 1 amide bonds. The Hall–Kier alpha value is -4.63. The minimum atomic E-state index is -0.924. The van der Waals surface area contributed by atoms with Crippen LogP contribution in [0.15, 0.2) is 83.9 Å². The molecule has 1 fully saturated rings. The Morgan fingerprint density at radius 1 is 1.07 bits per heavy atom. The second-order valence-electron chi connectivity index (χ2n) is 9.85. The molecule has 1 aromatic heterocycles. The van der Waals surface area contributed by atoms with E-state index in [0.29, 0.717) is 47.4 Å². The van der Waals surface area contributed by atoms with E-state index in [1.54, 1.807) is 41.9 Å². The van der Waals surface area contributed by atoms with Crippen LogP contribution in [0.2, 0.25) is 0 Å². The highest BCUT2D eigenvalue weighted by Gasteiger charge is 2.48. The van der Waals surface area contributed by atoms with Gasteiger partial charge in [-0.2, -0.15) is 0 Å². The van der Waals surface area contributed by atoms with Crippen molar-refractivity contribution in [2.45, 2.75) is 39.0 Å². The molecule has 6 rings (SSSR count). The summed E-state index contributed by atoms with van der Waals surface area (Å²) in [5.74, 6) is -0.0479. The van der Waals surface area contributed by atoms with Crippen LogP contribution in [-0.4, -0.2) is 34.5 Å². The highest BCUT2D eigenvalue weighted by atomic mass is 32.1. The van der Waals surface area contributed by atoms with Gasteiger partial charge >= 0.3 is 5.91 Å². The molecule has 0 radical (unpaired) electrons. The predicted octanol–water partition coefficient (Wildman–Crippen LogP) is 6.07. The van der Waals surface area contributed by atoms with Crippen LogP contribution in [0.4, 0.5) is 5.13 Å². The molecule has 4 aromatic rings. The van der Waals surface area contributed by atoms with Gasteiger partial charge < -0.3 is 19.3 Å². The van der Waals surface area contributed by atoms with Gasteiger partial charge in [0.05, 0.1) is 18.2 Å². The van der Waals surface area contributed by atoms with Gasteiger partial charge in [-0.3, -0.25) is 14.5 Å². The van der Waals surface area contributed by atoms with E-state index in [2.05, 4.69) is 4.98 Å². The minimum absolute atomic E-state index is 0.0162. The maximum absolute atomic E-state index is 13.5. The van der Waals surface area contributed by atoms with E-state index >= 15 is 0 Å². The smallest absolute Gasteiger partial charge is 0.301 e. The molecule has 2 aliphatic rings. The number of carbonyl (C=O) groups is 2. The average molecular weight is 569 g/mol. The molecule has 1 N–H and O–H groups in total. The van der Waals surface area contributed by atoms with Crippen molar-refractivity contribution >= 4 is 33.9 Å². The van der Waals surface area contributed by atoms with Crippen molar-refractivity contribution in [2.24, 2.45) is 0 Å². The van der Waals surface area contributed by atoms with Crippen molar-refractivity contribution in [3.8, 4) is 17.2 Å². The Labute approximate surface area is 241 Å². The van der Waals surface area contributed by atoms with E-state index in [0.717, 1.165) is 16.9 Å². The number of aromatic nitrogens is 1. The number of hydrogen-bond acceptors (Lipinski definition) is 8. The molecule has 208 valence electrons. The van der Waals surface area contributed by atoms with Crippen LogP contribution >= 0.6 is 11.3 Å². The Morgan fingerprint density at radius 3 is 2.66 bits per heavy atom. The van der Waals surface area contributed by atoms with E-state index in [1.165, 1.54) is 16.2 Å². The standard InChI is InChI=1S/C32H28N2O6S/c1-3-38-26-17-21(9-12-25(26)39-18-20-7-5-4-6-8-20)28-27(30(36)31(37)34(28)32-33-13-14-41-32)29(35)22-10-11-24-23(16-22)15-19(2)40-24/h4-14,16-17,19,28,35H,3,15,18H2,1-2H3/b29-27+. The minimum Gasteiger partial charge on any atom is -0.507 e. The first-order chi connectivity index (χ1) is 19.9. The first kappa shape index (κ1) is 26.6. The number of amides is 1. The number of thiazole rings is 1. The number of anilines is 1. The lowest BCUT2D eigenvalue weighted by Crippen LogP contribution is -2.29. The number of aliphatic hydroxyl groups is 1. The maximum Gasteiger partial charge on any atom is 0.301 e. The number of rotatable bonds is 8. The Kier molecular flexibility index (Phi) is 7.19. The lowest BCUT2D eigenvalue weighted by atomic mass is 9.94. The third kappa shape index (κ3) is 5.04. The van der Waals surface area contributed by atoms with Gasteiger partial charge in [0.15, 0.2) is 16.6 Å². The fourth-order valence-electron chi connectivity index (χ4n) is 5.22. The third-order valence-electron chi connectivity index (χ3n) is 7.06. The van der Waals surface area contributed by atoms with Gasteiger partial charge in [0.2, 0.25) is 0 Å². The number of fused-ring (bicyclic) bond motifs is 1. The number of carbonyl (C=O) groups excluding carboxylic acids is 2. The molecule has 0 spiro atoms. The van der Waals surface area contributed by atoms with Crippen LogP contribution in [0, 0.1) is 0 Å². The molecule has 2 aliphatic heterocycles. The molecule has 2 unspecified atom stereocenters. The molecule has 3 aromatic carbocycles. The van der Waals surface area contributed by atoms with Gasteiger partial charge in [0, 0.05) is 23.6 Å². The topological polar surface area (TPSA) is 98.2 Å². The summed E-state index contributed by atoms with van der Waals surface area (Å²) >= 11 is 1.24. The van der Waals surface area contributed by atoms with Crippen molar-refractivity contribution in [1.29, 1.82) is 0 Å². The number of Topliss-reactive ketones (excluding diaryl/α,β-unsaturated/α-hetero) is 1. The molecule has 0 saturated carbocycles. The lowest BCUT2D eigenvalue weighted by molar-refractivity contribution is -0.132. The zero-order valence-electron chi connectivity index (χ0n) is 22.6. The highest BCUT2D eigenvalue weighted by molar-refractivity contribution is 7.14. The summed E-state index contributed by atoms with van der Waals surface area (Å²) in [6.45, 7) is 4.57. The lowest BCUT2D eigenvalue weighted by Gasteiger charge is -2.24. The van der Waals surface area contributed by atoms with E-state index in [9.17, 15) is 14.7 Å². The van der Waals surface area contributed by atoms with Crippen LogP contribution < -0.4 is 19.1 Å². The number of aliphatic hydroxyl groups excluding tert-OH is 1. The quantitative estimate of drug-likeness (QED) is 0.157. The molecule has 41 heavy (non-hydrogen) atoms. The number of benzene rings is 3. The fraction of sp³-hybridized carbons (Fsp3) is 0.219. The van der Waals surface area contributed by atoms with Crippen molar-refractivity contribution in [2.75, 3.05) is 11.5 Å². The summed E-state index contributed by atoms with van der Waals surface area (Å²) in [5.41, 5.74) is 2.94. The molecular formula is C32H28N2O6S. The molecule has 3 heterocycles. The van der Waals surface area contributed by atoms with Crippen molar-refractivity contribution in [3.05, 3.63) is 106 Å². The van der Waals surface area contributed by atoms with Crippen LogP contribution in [0.3, 0.4) is 0 Å². The third-order valence-corrected chi connectivity index (χ3v) is 7.83. The summed E-state index contributed by atoms with van der Waals surface area (Å²) in [7, 11) is 0. The van der Waals surface area contributed by atoms with Gasteiger partial charge in [-0.05, 0) is 60.9 Å². The maximum atomic E-state index is 13.5. The van der Waals surface area contributed by atoms with Crippen LogP contribution in [-0.2, 0) is 22.6 Å². The van der Waals surface area contributed by atoms with E-state index in [1.807, 2.05) is 50.2 Å². The zero-order valence-corrected chi connectivity index (χ0v) is 23.4. The van der Waals surface area contributed by atoms with Crippen LogP contribution in [0.5, 0.6) is 17.2 Å². The zero-order chi connectivity index (χ0) is 28.5. The Balaban J connectivity index is 1.44. The molecular weight excluding hydrogens is 540 g/mol. The van der Waals surface area contributed by atoms with E-state index in [-0.39, 0.29) is 17.4 Å². The van der Waals surface area contributed by atoms with Gasteiger partial charge in [-0.1, -0.05) is 36.4 Å². The number of hydrogen-bond donors (Lipinski definition) is 1. The second-order valence-corrected chi connectivity index (χ2v) is 10.7. The largest absolute Gasteiger partial charge is 0.507 e. The molecule has 0 aliphatic carbocycles. The first-order valence-corrected chi connectivity index (χ1v) is 14.3. The second kappa shape index (κ2) is 11.1. The molecule has 2 atom stereocenters. The summed E-state index contributed by atoms with van der Waals surface area (Å²) in [6.07, 6.45) is 2.29. The van der Waals surface area contributed by atoms with Gasteiger partial charge in [-0.25, -0.2) is 4.98 Å². The van der Waals surface area contributed by atoms with Crippen molar-refractivity contribution < 1.29 is 28.9 Å². The molecule has 1 saturated heterocycles. The van der Waals surface area contributed by atoms with Crippen molar-refractivity contribution in [1.82, 2.24) is 4.98 Å². The summed E-state index contributed by atoms with van der Waals surface area (Å²) in [6, 6.07) is 19.5. The molecule has 8 nitrogen and oxygen atoms in total. The number of nitrogens with zero attached hydrogens (tertiary/aromatic N) is 2. The highest BCUT2D eigenvalue weighted by Crippen LogP contribution is 2.45. The van der Waals surface area contributed by atoms with E-state index in [4.69, 9.17) is 14.2 Å².